The lowest BCUT2D eigenvalue weighted by Crippen LogP contribution is -2.08. The number of rotatable bonds is 6. The fourth-order valence-corrected chi connectivity index (χ4v) is 2.21. The summed E-state index contributed by atoms with van der Waals surface area (Å²) in [7, 11) is 0. The summed E-state index contributed by atoms with van der Waals surface area (Å²) in [5.74, 6) is -0.287. The Morgan fingerprint density at radius 1 is 1.29 bits per heavy atom. The van der Waals surface area contributed by atoms with E-state index in [0.29, 0.717) is 17.4 Å². The van der Waals surface area contributed by atoms with Crippen LogP contribution in [-0.4, -0.2) is 27.6 Å². The van der Waals surface area contributed by atoms with Crippen LogP contribution in [0.15, 0.2) is 30.6 Å². The molecule has 0 atom stereocenters. The average Bonchev–Trinajstić information content (AvgIpc) is 2.49. The first-order chi connectivity index (χ1) is 10.1. The maximum atomic E-state index is 10.8. The van der Waals surface area contributed by atoms with Gasteiger partial charge in [0.2, 0.25) is 0 Å². The van der Waals surface area contributed by atoms with Crippen LogP contribution < -0.4 is 5.32 Å². The molecule has 2 N–H and O–H groups in total. The van der Waals surface area contributed by atoms with Crippen molar-refractivity contribution in [3.63, 3.8) is 0 Å². The summed E-state index contributed by atoms with van der Waals surface area (Å²) in [5.41, 5.74) is 2.16. The van der Waals surface area contributed by atoms with Gasteiger partial charge in [0.15, 0.2) is 0 Å². The van der Waals surface area contributed by atoms with Gasteiger partial charge in [-0.25, -0.2) is 14.8 Å². The van der Waals surface area contributed by atoms with Crippen LogP contribution in [0.1, 0.15) is 28.5 Å². The second-order valence-electron chi connectivity index (χ2n) is 4.52. The summed E-state index contributed by atoms with van der Waals surface area (Å²) in [6.45, 7) is 2.65. The third kappa shape index (κ3) is 3.92. The molecule has 1 heterocycles. The third-order valence-electron chi connectivity index (χ3n) is 3.10. The molecule has 0 saturated carbocycles. The Morgan fingerprint density at radius 3 is 2.62 bits per heavy atom. The summed E-state index contributed by atoms with van der Waals surface area (Å²) in [4.78, 5) is 19.0. The van der Waals surface area contributed by atoms with Gasteiger partial charge in [-0.1, -0.05) is 30.7 Å². The standard InChI is InChI=1S/C15H16ClN3O2/c1-2-12-13(16)14(19-9-18-12)17-8-7-10-3-5-11(6-4-10)15(20)21/h3-6,9H,2,7-8H2,1H3,(H,20,21)(H,17,18,19). The highest BCUT2D eigenvalue weighted by Gasteiger charge is 2.07. The Bertz CT molecular complexity index is 629. The van der Waals surface area contributed by atoms with Crippen molar-refractivity contribution in [3.8, 4) is 0 Å². The Kier molecular flexibility index (Phi) is 5.11. The van der Waals surface area contributed by atoms with Gasteiger partial charge in [0.05, 0.1) is 11.3 Å². The number of hydrogen-bond donors (Lipinski definition) is 2. The summed E-state index contributed by atoms with van der Waals surface area (Å²) < 4.78 is 0. The van der Waals surface area contributed by atoms with E-state index in [1.807, 2.05) is 19.1 Å². The number of aryl methyl sites for hydroxylation is 1. The first-order valence-corrected chi connectivity index (χ1v) is 7.05. The van der Waals surface area contributed by atoms with E-state index in [-0.39, 0.29) is 5.56 Å². The first-order valence-electron chi connectivity index (χ1n) is 6.67. The predicted molar refractivity (Wildman–Crippen MR) is 82.0 cm³/mol. The molecule has 6 heteroatoms. The van der Waals surface area contributed by atoms with Crippen molar-refractivity contribution in [1.82, 2.24) is 9.97 Å². The van der Waals surface area contributed by atoms with Gasteiger partial charge in [-0.3, -0.25) is 0 Å². The van der Waals surface area contributed by atoms with Gasteiger partial charge in [-0.05, 0) is 30.5 Å². The van der Waals surface area contributed by atoms with Crippen LogP contribution in [0.4, 0.5) is 5.82 Å². The molecular formula is C15H16ClN3O2. The van der Waals surface area contributed by atoms with Gasteiger partial charge in [0.25, 0.3) is 0 Å². The highest BCUT2D eigenvalue weighted by Crippen LogP contribution is 2.21. The number of aromatic carboxylic acids is 1. The predicted octanol–water partition coefficient (Wildman–Crippen LogP) is 3.05. The first kappa shape index (κ1) is 15.3. The molecule has 5 nitrogen and oxygen atoms in total. The zero-order chi connectivity index (χ0) is 15.2. The number of nitrogens with zero attached hydrogens (tertiary/aromatic N) is 2. The van der Waals surface area contributed by atoms with Crippen LogP contribution in [0.2, 0.25) is 5.02 Å². The smallest absolute Gasteiger partial charge is 0.335 e. The van der Waals surface area contributed by atoms with Crippen LogP contribution >= 0.6 is 11.6 Å². The van der Waals surface area contributed by atoms with Crippen molar-refractivity contribution in [1.29, 1.82) is 0 Å². The topological polar surface area (TPSA) is 75.1 Å². The van der Waals surface area contributed by atoms with E-state index in [0.717, 1.165) is 24.1 Å². The molecule has 2 aromatic rings. The molecular weight excluding hydrogens is 290 g/mol. The number of anilines is 1. The number of halogens is 1. The van der Waals surface area contributed by atoms with Gasteiger partial charge >= 0.3 is 5.97 Å². The maximum Gasteiger partial charge on any atom is 0.335 e. The molecule has 21 heavy (non-hydrogen) atoms. The SMILES string of the molecule is CCc1ncnc(NCCc2ccc(C(=O)O)cc2)c1Cl. The van der Waals surface area contributed by atoms with Gasteiger partial charge in [0, 0.05) is 6.54 Å². The van der Waals surface area contributed by atoms with Crippen molar-refractivity contribution < 1.29 is 9.90 Å². The van der Waals surface area contributed by atoms with E-state index >= 15 is 0 Å². The highest BCUT2D eigenvalue weighted by atomic mass is 35.5. The maximum absolute atomic E-state index is 10.8. The average molecular weight is 306 g/mol. The quantitative estimate of drug-likeness (QED) is 0.858. The highest BCUT2D eigenvalue weighted by molar-refractivity contribution is 6.33. The molecule has 1 aromatic carbocycles. The van der Waals surface area contributed by atoms with Crippen molar-refractivity contribution in [2.24, 2.45) is 0 Å². The van der Waals surface area contributed by atoms with E-state index in [1.54, 1.807) is 12.1 Å². The number of carbonyl (C=O) groups is 1. The van der Waals surface area contributed by atoms with Crippen LogP contribution in [0.3, 0.4) is 0 Å². The largest absolute Gasteiger partial charge is 0.478 e. The van der Waals surface area contributed by atoms with Gasteiger partial charge in [0.1, 0.15) is 17.2 Å². The lowest BCUT2D eigenvalue weighted by Gasteiger charge is -2.09. The molecule has 0 radical (unpaired) electrons. The molecule has 0 saturated heterocycles. The summed E-state index contributed by atoms with van der Waals surface area (Å²) >= 11 is 6.19. The van der Waals surface area contributed by atoms with Crippen LogP contribution in [0, 0.1) is 0 Å². The molecule has 0 bridgehead atoms. The molecule has 0 amide bonds. The number of carboxylic acid groups (broad SMARTS) is 1. The Labute approximate surface area is 128 Å². The van der Waals surface area contributed by atoms with E-state index in [2.05, 4.69) is 15.3 Å². The van der Waals surface area contributed by atoms with Gasteiger partial charge in [-0.15, -0.1) is 0 Å². The Balaban J connectivity index is 1.94. The number of aromatic nitrogens is 2. The minimum absolute atomic E-state index is 0.290. The number of carboxylic acids is 1. The molecule has 1 aromatic heterocycles. The van der Waals surface area contributed by atoms with Crippen LogP contribution in [-0.2, 0) is 12.8 Å². The summed E-state index contributed by atoms with van der Waals surface area (Å²) in [5, 5.41) is 12.6. The Morgan fingerprint density at radius 2 is 2.00 bits per heavy atom. The summed E-state index contributed by atoms with van der Waals surface area (Å²) in [6.07, 6.45) is 3.00. The lowest BCUT2D eigenvalue weighted by atomic mass is 10.1. The zero-order valence-corrected chi connectivity index (χ0v) is 12.4. The second-order valence-corrected chi connectivity index (χ2v) is 4.89. The normalized spacial score (nSPS) is 10.4. The molecule has 0 aliphatic heterocycles. The molecule has 110 valence electrons. The van der Waals surface area contributed by atoms with Crippen molar-refractivity contribution in [2.75, 3.05) is 11.9 Å². The fourth-order valence-electron chi connectivity index (χ4n) is 1.92. The number of hydrogen-bond acceptors (Lipinski definition) is 4. The Hall–Kier alpha value is -2.14. The fraction of sp³-hybridized carbons (Fsp3) is 0.267. The van der Waals surface area contributed by atoms with Gasteiger partial charge in [-0.2, -0.15) is 0 Å². The minimum atomic E-state index is -0.917. The van der Waals surface area contributed by atoms with E-state index < -0.39 is 5.97 Å². The number of nitrogens with one attached hydrogen (secondary N) is 1. The van der Waals surface area contributed by atoms with Crippen LogP contribution in [0.25, 0.3) is 0 Å². The molecule has 0 aliphatic carbocycles. The molecule has 2 rings (SSSR count). The van der Waals surface area contributed by atoms with Crippen molar-refractivity contribution >= 4 is 23.4 Å². The molecule has 0 spiro atoms. The second kappa shape index (κ2) is 7.04. The lowest BCUT2D eigenvalue weighted by molar-refractivity contribution is 0.0697. The number of benzene rings is 1. The van der Waals surface area contributed by atoms with E-state index in [1.165, 1.54) is 6.33 Å². The summed E-state index contributed by atoms with van der Waals surface area (Å²) in [6, 6.07) is 6.82. The molecule has 0 fully saturated rings. The minimum Gasteiger partial charge on any atom is -0.478 e. The van der Waals surface area contributed by atoms with Gasteiger partial charge < -0.3 is 10.4 Å². The zero-order valence-electron chi connectivity index (χ0n) is 11.6. The van der Waals surface area contributed by atoms with Crippen LogP contribution in [0.5, 0.6) is 0 Å². The van der Waals surface area contributed by atoms with Crippen molar-refractivity contribution in [3.05, 3.63) is 52.4 Å². The van der Waals surface area contributed by atoms with Crippen molar-refractivity contribution in [2.45, 2.75) is 19.8 Å². The third-order valence-corrected chi connectivity index (χ3v) is 3.50. The van der Waals surface area contributed by atoms with E-state index in [9.17, 15) is 4.79 Å². The van der Waals surface area contributed by atoms with E-state index in [4.69, 9.17) is 16.7 Å². The monoisotopic (exact) mass is 305 g/mol. The molecule has 0 aliphatic rings. The molecule has 0 unspecified atom stereocenters.